The number of halogens is 2. The Morgan fingerprint density at radius 1 is 1.37 bits per heavy atom. The van der Waals surface area contributed by atoms with Gasteiger partial charge in [0.05, 0.1) is 6.61 Å². The van der Waals surface area contributed by atoms with Gasteiger partial charge in [-0.3, -0.25) is 0 Å². The van der Waals surface area contributed by atoms with Crippen LogP contribution in [0.25, 0.3) is 0 Å². The van der Waals surface area contributed by atoms with E-state index in [1.54, 1.807) is 19.2 Å². The average Bonchev–Trinajstić information content (AvgIpc) is 2.37. The van der Waals surface area contributed by atoms with Crippen LogP contribution in [0.5, 0.6) is 0 Å². The molecule has 0 radical (unpaired) electrons. The van der Waals surface area contributed by atoms with Crippen LogP contribution in [0.4, 0.5) is 4.39 Å². The number of methoxy groups -OCH3 is 1. The SMILES string of the molecule is COCCNCC(Cc1cc(F)ccc1Br)C(C)C. The molecule has 4 heteroatoms. The molecule has 0 aliphatic heterocycles. The Morgan fingerprint density at radius 3 is 2.74 bits per heavy atom. The minimum Gasteiger partial charge on any atom is -0.383 e. The third-order valence-corrected chi connectivity index (χ3v) is 4.10. The van der Waals surface area contributed by atoms with Crippen LogP contribution in [-0.2, 0) is 11.2 Å². The summed E-state index contributed by atoms with van der Waals surface area (Å²) in [6.45, 7) is 6.90. The van der Waals surface area contributed by atoms with Gasteiger partial charge in [-0.2, -0.15) is 0 Å². The van der Waals surface area contributed by atoms with E-state index in [2.05, 4.69) is 35.1 Å². The van der Waals surface area contributed by atoms with Crippen molar-refractivity contribution in [3.05, 3.63) is 34.1 Å². The number of benzene rings is 1. The molecule has 1 aromatic rings. The van der Waals surface area contributed by atoms with Crippen molar-refractivity contribution in [3.8, 4) is 0 Å². The van der Waals surface area contributed by atoms with Crippen LogP contribution in [0, 0.1) is 17.7 Å². The van der Waals surface area contributed by atoms with Crippen LogP contribution in [-0.4, -0.2) is 26.8 Å². The molecule has 0 saturated carbocycles. The number of rotatable bonds is 8. The first-order valence-electron chi connectivity index (χ1n) is 6.68. The summed E-state index contributed by atoms with van der Waals surface area (Å²) in [6.07, 6.45) is 0.871. The Bertz CT molecular complexity index is 384. The highest BCUT2D eigenvalue weighted by Crippen LogP contribution is 2.24. The second-order valence-corrected chi connectivity index (χ2v) is 6.00. The van der Waals surface area contributed by atoms with Crippen LogP contribution >= 0.6 is 15.9 Å². The quantitative estimate of drug-likeness (QED) is 0.734. The van der Waals surface area contributed by atoms with Gasteiger partial charge in [-0.1, -0.05) is 29.8 Å². The molecule has 108 valence electrons. The van der Waals surface area contributed by atoms with E-state index in [9.17, 15) is 4.39 Å². The predicted octanol–water partition coefficient (Wildman–Crippen LogP) is 3.64. The monoisotopic (exact) mass is 331 g/mol. The second-order valence-electron chi connectivity index (χ2n) is 5.14. The van der Waals surface area contributed by atoms with E-state index in [0.29, 0.717) is 18.4 Å². The molecule has 0 bridgehead atoms. The topological polar surface area (TPSA) is 21.3 Å². The van der Waals surface area contributed by atoms with Gasteiger partial charge >= 0.3 is 0 Å². The summed E-state index contributed by atoms with van der Waals surface area (Å²) < 4.78 is 19.3. The van der Waals surface area contributed by atoms with Crippen LogP contribution in [0.1, 0.15) is 19.4 Å². The highest BCUT2D eigenvalue weighted by Gasteiger charge is 2.15. The van der Waals surface area contributed by atoms with Crippen molar-refractivity contribution in [2.24, 2.45) is 11.8 Å². The van der Waals surface area contributed by atoms with E-state index >= 15 is 0 Å². The fourth-order valence-electron chi connectivity index (χ4n) is 1.99. The first-order chi connectivity index (χ1) is 9.04. The van der Waals surface area contributed by atoms with Crippen LogP contribution in [0.15, 0.2) is 22.7 Å². The van der Waals surface area contributed by atoms with Gasteiger partial charge in [0.25, 0.3) is 0 Å². The van der Waals surface area contributed by atoms with Crippen molar-refractivity contribution >= 4 is 15.9 Å². The van der Waals surface area contributed by atoms with Gasteiger partial charge in [-0.05, 0) is 48.6 Å². The number of ether oxygens (including phenoxy) is 1. The predicted molar refractivity (Wildman–Crippen MR) is 80.9 cm³/mol. The maximum atomic E-state index is 13.3. The van der Waals surface area contributed by atoms with Crippen molar-refractivity contribution in [1.82, 2.24) is 5.32 Å². The van der Waals surface area contributed by atoms with Gasteiger partial charge in [-0.25, -0.2) is 4.39 Å². The van der Waals surface area contributed by atoms with Gasteiger partial charge in [0, 0.05) is 18.1 Å². The molecule has 0 saturated heterocycles. The van der Waals surface area contributed by atoms with Gasteiger partial charge in [0.1, 0.15) is 5.82 Å². The average molecular weight is 332 g/mol. The highest BCUT2D eigenvalue weighted by atomic mass is 79.9. The van der Waals surface area contributed by atoms with E-state index in [1.165, 1.54) is 6.07 Å². The second kappa shape index (κ2) is 8.67. The largest absolute Gasteiger partial charge is 0.383 e. The lowest BCUT2D eigenvalue weighted by molar-refractivity contribution is 0.196. The smallest absolute Gasteiger partial charge is 0.123 e. The number of nitrogens with one attached hydrogen (secondary N) is 1. The van der Waals surface area contributed by atoms with E-state index in [-0.39, 0.29) is 5.82 Å². The molecule has 1 aromatic carbocycles. The van der Waals surface area contributed by atoms with Crippen molar-refractivity contribution in [2.75, 3.05) is 26.8 Å². The Balaban J connectivity index is 2.59. The fraction of sp³-hybridized carbons (Fsp3) is 0.600. The summed E-state index contributed by atoms with van der Waals surface area (Å²) in [6, 6.07) is 4.88. The molecule has 0 aliphatic carbocycles. The zero-order chi connectivity index (χ0) is 14.3. The molecule has 1 N–H and O–H groups in total. The van der Waals surface area contributed by atoms with E-state index in [4.69, 9.17) is 4.74 Å². The van der Waals surface area contributed by atoms with Gasteiger partial charge in [0.15, 0.2) is 0 Å². The van der Waals surface area contributed by atoms with Gasteiger partial charge < -0.3 is 10.1 Å². The zero-order valence-electron chi connectivity index (χ0n) is 11.9. The van der Waals surface area contributed by atoms with Crippen molar-refractivity contribution in [3.63, 3.8) is 0 Å². The first-order valence-corrected chi connectivity index (χ1v) is 7.47. The maximum Gasteiger partial charge on any atom is 0.123 e. The minimum atomic E-state index is -0.173. The Kier molecular flexibility index (Phi) is 7.57. The summed E-state index contributed by atoms with van der Waals surface area (Å²) in [5.74, 6) is 0.855. The van der Waals surface area contributed by atoms with Crippen LogP contribution < -0.4 is 5.32 Å². The van der Waals surface area contributed by atoms with Crippen molar-refractivity contribution in [1.29, 1.82) is 0 Å². The summed E-state index contributed by atoms with van der Waals surface area (Å²) in [7, 11) is 1.70. The molecule has 1 rings (SSSR count). The number of hydrogen-bond donors (Lipinski definition) is 1. The maximum absolute atomic E-state index is 13.3. The minimum absolute atomic E-state index is 0.173. The molecular weight excluding hydrogens is 309 g/mol. The lowest BCUT2D eigenvalue weighted by atomic mass is 9.89. The molecule has 0 aromatic heterocycles. The molecule has 0 amide bonds. The third-order valence-electron chi connectivity index (χ3n) is 3.32. The standard InChI is InChI=1S/C15H23BrFNO/c1-11(2)13(10-18-6-7-19-3)8-12-9-14(17)4-5-15(12)16/h4-5,9,11,13,18H,6-8,10H2,1-3H3. The molecule has 1 unspecified atom stereocenters. The third kappa shape index (κ3) is 6.02. The summed E-state index contributed by atoms with van der Waals surface area (Å²) in [5, 5.41) is 3.39. The lowest BCUT2D eigenvalue weighted by Crippen LogP contribution is -2.30. The first kappa shape index (κ1) is 16.6. The molecule has 0 aliphatic rings. The zero-order valence-corrected chi connectivity index (χ0v) is 13.5. The Hall–Kier alpha value is -0.450. The van der Waals surface area contributed by atoms with Crippen LogP contribution in [0.2, 0.25) is 0 Å². The van der Waals surface area contributed by atoms with Gasteiger partial charge in [-0.15, -0.1) is 0 Å². The molecule has 0 fully saturated rings. The fourth-order valence-corrected chi connectivity index (χ4v) is 2.40. The molecular formula is C15H23BrFNO. The number of hydrogen-bond acceptors (Lipinski definition) is 2. The Morgan fingerprint density at radius 2 is 2.11 bits per heavy atom. The molecule has 2 nitrogen and oxygen atoms in total. The van der Waals surface area contributed by atoms with E-state index < -0.39 is 0 Å². The summed E-state index contributed by atoms with van der Waals surface area (Å²) >= 11 is 3.49. The summed E-state index contributed by atoms with van der Waals surface area (Å²) in [4.78, 5) is 0. The Labute approximate surface area is 123 Å². The molecule has 1 atom stereocenters. The van der Waals surface area contributed by atoms with Gasteiger partial charge in [0.2, 0.25) is 0 Å². The normalized spacial score (nSPS) is 12.9. The van der Waals surface area contributed by atoms with Crippen LogP contribution in [0.3, 0.4) is 0 Å². The van der Waals surface area contributed by atoms with Crippen molar-refractivity contribution < 1.29 is 9.13 Å². The highest BCUT2D eigenvalue weighted by molar-refractivity contribution is 9.10. The molecule has 0 spiro atoms. The van der Waals surface area contributed by atoms with E-state index in [0.717, 1.165) is 29.5 Å². The molecule has 19 heavy (non-hydrogen) atoms. The summed E-state index contributed by atoms with van der Waals surface area (Å²) in [5.41, 5.74) is 1.03. The van der Waals surface area contributed by atoms with E-state index in [1.807, 2.05) is 0 Å². The molecule has 0 heterocycles. The van der Waals surface area contributed by atoms with Crippen molar-refractivity contribution in [2.45, 2.75) is 20.3 Å². The lowest BCUT2D eigenvalue weighted by Gasteiger charge is -2.22.